The Hall–Kier alpha value is -2.18. The first-order valence-corrected chi connectivity index (χ1v) is 8.21. The Bertz CT molecular complexity index is 739. The first-order valence-electron chi connectivity index (χ1n) is 8.21. The van der Waals surface area contributed by atoms with Crippen LogP contribution < -0.4 is 5.73 Å². The van der Waals surface area contributed by atoms with Crippen molar-refractivity contribution in [3.05, 3.63) is 52.3 Å². The van der Waals surface area contributed by atoms with Gasteiger partial charge in [-0.2, -0.15) is 5.10 Å². The largest absolute Gasteiger partial charge is 0.378 e. The van der Waals surface area contributed by atoms with Gasteiger partial charge in [0.15, 0.2) is 0 Å². The zero-order chi connectivity index (χ0) is 17.1. The molecule has 2 aromatic rings. The van der Waals surface area contributed by atoms with E-state index in [0.29, 0.717) is 17.8 Å². The molecule has 1 aliphatic rings. The maximum atomic E-state index is 11.5. The molecule has 3 rings (SSSR count). The van der Waals surface area contributed by atoms with Crippen molar-refractivity contribution < 1.29 is 9.53 Å². The molecule has 0 bridgehead atoms. The average molecular weight is 328 g/mol. The maximum Gasteiger partial charge on any atom is 0.252 e. The van der Waals surface area contributed by atoms with Gasteiger partial charge in [0.05, 0.1) is 18.7 Å². The van der Waals surface area contributed by atoms with Crippen molar-refractivity contribution >= 4 is 5.91 Å². The number of carbonyl (C=O) groups excluding carboxylic acids is 1. The topological polar surface area (TPSA) is 73.4 Å². The first kappa shape index (κ1) is 16.7. The van der Waals surface area contributed by atoms with E-state index in [-0.39, 0.29) is 6.61 Å². The van der Waals surface area contributed by atoms with E-state index < -0.39 is 5.91 Å². The molecule has 2 heterocycles. The molecule has 0 spiro atoms. The number of nitrogens with zero attached hydrogens (tertiary/aromatic N) is 3. The van der Waals surface area contributed by atoms with Crippen LogP contribution in [0.2, 0.25) is 0 Å². The molecule has 2 N–H and O–H groups in total. The zero-order valence-corrected chi connectivity index (χ0v) is 14.3. The number of ether oxygens (including phenoxy) is 1. The number of benzene rings is 1. The molecule has 0 fully saturated rings. The Morgan fingerprint density at radius 1 is 1.29 bits per heavy atom. The molecule has 1 aromatic heterocycles. The molecule has 1 amide bonds. The molecule has 0 aliphatic carbocycles. The van der Waals surface area contributed by atoms with E-state index in [0.717, 1.165) is 25.9 Å². The number of hydrogen-bond donors (Lipinski definition) is 1. The summed E-state index contributed by atoms with van der Waals surface area (Å²) < 4.78 is 6.86. The summed E-state index contributed by atoms with van der Waals surface area (Å²) in [6.07, 6.45) is 3.87. The number of carbonyl (C=O) groups is 1. The Labute approximate surface area is 142 Å². The van der Waals surface area contributed by atoms with Crippen molar-refractivity contribution in [2.75, 3.05) is 27.2 Å². The summed E-state index contributed by atoms with van der Waals surface area (Å²) in [5.41, 5.74) is 10.5. The van der Waals surface area contributed by atoms with Crippen LogP contribution in [0.1, 0.15) is 32.7 Å². The molecule has 0 saturated heterocycles. The number of hydrogen-bond acceptors (Lipinski definition) is 4. The minimum absolute atomic E-state index is 0.280. The summed E-state index contributed by atoms with van der Waals surface area (Å²) in [4.78, 5) is 13.9. The third-order valence-electron chi connectivity index (χ3n) is 4.53. The van der Waals surface area contributed by atoms with Gasteiger partial charge in [0.25, 0.3) is 5.91 Å². The van der Waals surface area contributed by atoms with Crippen LogP contribution in [0.15, 0.2) is 24.4 Å². The third-order valence-corrected chi connectivity index (χ3v) is 4.53. The Morgan fingerprint density at radius 3 is 2.75 bits per heavy atom. The number of primary amides is 1. The average Bonchev–Trinajstić information content (AvgIpc) is 2.85. The lowest BCUT2D eigenvalue weighted by Gasteiger charge is -2.10. The summed E-state index contributed by atoms with van der Waals surface area (Å²) in [6.45, 7) is 3.09. The fourth-order valence-corrected chi connectivity index (χ4v) is 3.17. The number of aromatic nitrogens is 2. The summed E-state index contributed by atoms with van der Waals surface area (Å²) in [5.74, 6) is -0.474. The van der Waals surface area contributed by atoms with Crippen LogP contribution in [-0.2, 0) is 30.7 Å². The quantitative estimate of drug-likeness (QED) is 0.895. The minimum atomic E-state index is -0.474. The Balaban J connectivity index is 1.81. The summed E-state index contributed by atoms with van der Waals surface area (Å²) in [5, 5.41) is 4.44. The second-order valence-electron chi connectivity index (χ2n) is 6.39. The number of fused-ring (bicyclic) bond motifs is 1. The second-order valence-corrected chi connectivity index (χ2v) is 6.39. The molecule has 6 heteroatoms. The predicted octanol–water partition coefficient (Wildman–Crippen LogP) is 1.21. The van der Waals surface area contributed by atoms with E-state index in [9.17, 15) is 4.79 Å². The van der Waals surface area contributed by atoms with Gasteiger partial charge in [-0.3, -0.25) is 9.48 Å². The van der Waals surface area contributed by atoms with Gasteiger partial charge in [0.2, 0.25) is 0 Å². The minimum Gasteiger partial charge on any atom is -0.378 e. The van der Waals surface area contributed by atoms with Gasteiger partial charge in [-0.1, -0.05) is 18.2 Å². The van der Waals surface area contributed by atoms with Crippen LogP contribution in [0.4, 0.5) is 0 Å². The summed E-state index contributed by atoms with van der Waals surface area (Å²) >= 11 is 0. The van der Waals surface area contributed by atoms with E-state index in [4.69, 9.17) is 10.5 Å². The zero-order valence-electron chi connectivity index (χ0n) is 14.3. The van der Waals surface area contributed by atoms with E-state index in [1.807, 2.05) is 0 Å². The standard InChI is InChI=1S/C18H24N4O2/c1-21-7-5-14-4-3-13(9-15(14)6-8-21)10-22-11-16(18(19)23)17(20-22)12-24-2/h3-4,9,11H,5-8,10,12H2,1-2H3,(H2,19,23). The molecule has 6 nitrogen and oxygen atoms in total. The fraction of sp³-hybridized carbons (Fsp3) is 0.444. The van der Waals surface area contributed by atoms with E-state index >= 15 is 0 Å². The second kappa shape index (κ2) is 7.15. The Morgan fingerprint density at radius 2 is 2.04 bits per heavy atom. The number of rotatable bonds is 5. The van der Waals surface area contributed by atoms with Crippen molar-refractivity contribution in [3.8, 4) is 0 Å². The monoisotopic (exact) mass is 328 g/mol. The summed E-state index contributed by atoms with van der Waals surface area (Å²) in [7, 11) is 3.74. The van der Waals surface area contributed by atoms with Crippen molar-refractivity contribution in [1.29, 1.82) is 0 Å². The highest BCUT2D eigenvalue weighted by Gasteiger charge is 2.15. The fourth-order valence-electron chi connectivity index (χ4n) is 3.17. The van der Waals surface area contributed by atoms with Crippen LogP contribution in [-0.4, -0.2) is 47.8 Å². The van der Waals surface area contributed by atoms with Crippen molar-refractivity contribution in [2.24, 2.45) is 5.73 Å². The van der Waals surface area contributed by atoms with Crippen LogP contribution >= 0.6 is 0 Å². The van der Waals surface area contributed by atoms with Crippen LogP contribution in [0.3, 0.4) is 0 Å². The van der Waals surface area contributed by atoms with Crippen molar-refractivity contribution in [3.63, 3.8) is 0 Å². The molecule has 0 saturated carbocycles. The molecule has 1 aromatic carbocycles. The number of likely N-dealkylation sites (N-methyl/N-ethyl adjacent to an activating group) is 1. The first-order chi connectivity index (χ1) is 11.6. The normalized spacial score (nSPS) is 15.1. The third kappa shape index (κ3) is 3.66. The number of methoxy groups -OCH3 is 1. The van der Waals surface area contributed by atoms with Gasteiger partial charge in [-0.25, -0.2) is 0 Å². The van der Waals surface area contributed by atoms with Crippen LogP contribution in [0.25, 0.3) is 0 Å². The van der Waals surface area contributed by atoms with Crippen LogP contribution in [0, 0.1) is 0 Å². The molecule has 24 heavy (non-hydrogen) atoms. The smallest absolute Gasteiger partial charge is 0.252 e. The maximum absolute atomic E-state index is 11.5. The van der Waals surface area contributed by atoms with E-state index in [1.54, 1.807) is 18.0 Å². The molecular weight excluding hydrogens is 304 g/mol. The highest BCUT2D eigenvalue weighted by atomic mass is 16.5. The molecular formula is C18H24N4O2. The summed E-state index contributed by atoms with van der Waals surface area (Å²) in [6, 6.07) is 6.63. The van der Waals surface area contributed by atoms with Crippen molar-refractivity contribution in [1.82, 2.24) is 14.7 Å². The molecule has 0 unspecified atom stereocenters. The SMILES string of the molecule is COCc1nn(Cc2ccc3c(c2)CCN(C)CC3)cc1C(N)=O. The van der Waals surface area contributed by atoms with E-state index in [1.165, 1.54) is 16.7 Å². The van der Waals surface area contributed by atoms with Gasteiger partial charge >= 0.3 is 0 Å². The predicted molar refractivity (Wildman–Crippen MR) is 91.9 cm³/mol. The van der Waals surface area contributed by atoms with E-state index in [2.05, 4.69) is 35.2 Å². The lowest BCUT2D eigenvalue weighted by molar-refractivity contribution is 0.0995. The van der Waals surface area contributed by atoms with Crippen molar-refractivity contribution in [2.45, 2.75) is 26.0 Å². The lowest BCUT2D eigenvalue weighted by atomic mass is 10.00. The van der Waals surface area contributed by atoms with Gasteiger partial charge in [0.1, 0.15) is 5.69 Å². The van der Waals surface area contributed by atoms with Crippen LogP contribution in [0.5, 0.6) is 0 Å². The Kier molecular flexibility index (Phi) is 4.97. The molecule has 0 radical (unpaired) electrons. The highest BCUT2D eigenvalue weighted by Crippen LogP contribution is 2.18. The molecule has 1 aliphatic heterocycles. The lowest BCUT2D eigenvalue weighted by Crippen LogP contribution is -2.20. The van der Waals surface area contributed by atoms with Gasteiger partial charge in [0, 0.05) is 26.4 Å². The van der Waals surface area contributed by atoms with Gasteiger partial charge < -0.3 is 15.4 Å². The number of amides is 1. The van der Waals surface area contributed by atoms with Gasteiger partial charge in [-0.05, 0) is 36.6 Å². The molecule has 0 atom stereocenters. The van der Waals surface area contributed by atoms with Gasteiger partial charge in [-0.15, -0.1) is 0 Å². The highest BCUT2D eigenvalue weighted by molar-refractivity contribution is 5.93. The number of nitrogens with two attached hydrogens (primary N) is 1. The molecule has 128 valence electrons.